The Kier molecular flexibility index (Phi) is 7.67. The quantitative estimate of drug-likeness (QED) is 0.396. The minimum atomic E-state index is -0.761. The predicted octanol–water partition coefficient (Wildman–Crippen LogP) is 4.74. The van der Waals surface area contributed by atoms with Crippen LogP contribution in [0.4, 0.5) is 21.2 Å². The number of imidazole rings is 1. The van der Waals surface area contributed by atoms with Crippen LogP contribution in [0.1, 0.15) is 27.7 Å². The van der Waals surface area contributed by atoms with E-state index in [1.54, 1.807) is 39.8 Å². The Bertz CT molecular complexity index is 1190. The lowest BCUT2D eigenvalue weighted by molar-refractivity contribution is -0.117. The zero-order chi connectivity index (χ0) is 24.9. The van der Waals surface area contributed by atoms with Crippen molar-refractivity contribution in [3.05, 3.63) is 42.5 Å². The molecule has 0 fully saturated rings. The molecule has 0 aliphatic heterocycles. The van der Waals surface area contributed by atoms with E-state index in [-0.39, 0.29) is 5.91 Å². The zero-order valence-electron chi connectivity index (χ0n) is 19.5. The maximum atomic E-state index is 12.4. The second kappa shape index (κ2) is 10.5. The van der Waals surface area contributed by atoms with Crippen LogP contribution in [0.2, 0.25) is 0 Å². The molecule has 0 aliphatic carbocycles. The van der Waals surface area contributed by atoms with Crippen LogP contribution in [0.3, 0.4) is 0 Å². The molecule has 34 heavy (non-hydrogen) atoms. The molecule has 3 aromatic rings. The normalized spacial score (nSPS) is 12.0. The number of nitrogens with one attached hydrogen (secondary N) is 4. The highest BCUT2D eigenvalue weighted by Crippen LogP contribution is 2.30. The number of alkyl carbamates (subject to hydrolysis) is 1. The Balaban J connectivity index is 1.58. The van der Waals surface area contributed by atoms with Crippen molar-refractivity contribution in [3.63, 3.8) is 0 Å². The van der Waals surface area contributed by atoms with Gasteiger partial charge < -0.3 is 25.1 Å². The number of carbonyl (C=O) groups excluding carboxylic acids is 3. The molecule has 10 nitrogen and oxygen atoms in total. The van der Waals surface area contributed by atoms with Gasteiger partial charge in [0.25, 0.3) is 0 Å². The molecule has 1 aromatic heterocycles. The number of fused-ring (bicyclic) bond motifs is 1. The number of hydrogen-bond acceptors (Lipinski definition) is 7. The summed E-state index contributed by atoms with van der Waals surface area (Å²) in [6.45, 7) is 6.85. The number of carbonyl (C=O) groups is 3. The Morgan fingerprint density at radius 2 is 1.68 bits per heavy atom. The van der Waals surface area contributed by atoms with Crippen LogP contribution in [0.5, 0.6) is 0 Å². The van der Waals surface area contributed by atoms with Crippen molar-refractivity contribution in [3.8, 4) is 0 Å². The average molecular weight is 486 g/mol. The minimum absolute atomic E-state index is 0.305. The highest BCUT2D eigenvalue weighted by Gasteiger charge is 2.21. The third-order valence-corrected chi connectivity index (χ3v) is 5.34. The fourth-order valence-corrected chi connectivity index (χ4v) is 3.66. The molecule has 180 valence electrons. The molecule has 3 rings (SSSR count). The number of amides is 3. The fraction of sp³-hybridized carbons (Fsp3) is 0.304. The lowest BCUT2D eigenvalue weighted by Crippen LogP contribution is -2.43. The monoisotopic (exact) mass is 485 g/mol. The predicted molar refractivity (Wildman–Crippen MR) is 130 cm³/mol. The summed E-state index contributed by atoms with van der Waals surface area (Å²) in [7, 11) is 1.28. The first-order valence-electron chi connectivity index (χ1n) is 10.5. The summed E-state index contributed by atoms with van der Waals surface area (Å²) < 4.78 is 9.74. The molecule has 2 aromatic carbocycles. The number of hydrogen-bond donors (Lipinski definition) is 4. The van der Waals surface area contributed by atoms with Crippen LogP contribution in [-0.4, -0.2) is 46.8 Å². The Morgan fingerprint density at radius 1 is 1.00 bits per heavy atom. The highest BCUT2D eigenvalue weighted by molar-refractivity contribution is 7.99. The van der Waals surface area contributed by atoms with Gasteiger partial charge in [-0.15, -0.1) is 0 Å². The van der Waals surface area contributed by atoms with Crippen LogP contribution in [0.15, 0.2) is 52.3 Å². The van der Waals surface area contributed by atoms with Gasteiger partial charge in [0, 0.05) is 15.5 Å². The number of rotatable bonds is 6. The van der Waals surface area contributed by atoms with Crippen molar-refractivity contribution in [2.24, 2.45) is 0 Å². The molecule has 0 saturated heterocycles. The van der Waals surface area contributed by atoms with Crippen LogP contribution >= 0.6 is 11.8 Å². The molecular weight excluding hydrogens is 458 g/mol. The Labute approximate surface area is 201 Å². The van der Waals surface area contributed by atoms with Gasteiger partial charge in [-0.2, -0.15) is 0 Å². The van der Waals surface area contributed by atoms with E-state index in [0.717, 1.165) is 15.3 Å². The van der Waals surface area contributed by atoms with Crippen LogP contribution < -0.4 is 16.0 Å². The topological polar surface area (TPSA) is 134 Å². The number of methoxy groups -OCH3 is 1. The van der Waals surface area contributed by atoms with Crippen LogP contribution in [-0.2, 0) is 14.3 Å². The van der Waals surface area contributed by atoms with E-state index in [4.69, 9.17) is 4.74 Å². The second-order valence-corrected chi connectivity index (χ2v) is 9.51. The summed E-state index contributed by atoms with van der Waals surface area (Å²) in [6.07, 6.45) is -1.25. The summed E-state index contributed by atoms with van der Waals surface area (Å²) in [6, 6.07) is 12.3. The number of nitrogens with zero attached hydrogens (tertiary/aromatic N) is 1. The first-order chi connectivity index (χ1) is 16.0. The molecule has 4 N–H and O–H groups in total. The second-order valence-electron chi connectivity index (χ2n) is 8.36. The third kappa shape index (κ3) is 7.14. The van der Waals surface area contributed by atoms with Gasteiger partial charge in [0.1, 0.15) is 11.6 Å². The number of aromatic amines is 1. The van der Waals surface area contributed by atoms with Crippen molar-refractivity contribution >= 4 is 52.5 Å². The van der Waals surface area contributed by atoms with Crippen molar-refractivity contribution in [2.45, 2.75) is 49.1 Å². The van der Waals surface area contributed by atoms with E-state index in [2.05, 4.69) is 30.7 Å². The van der Waals surface area contributed by atoms with E-state index in [1.807, 2.05) is 30.3 Å². The summed E-state index contributed by atoms with van der Waals surface area (Å²) >= 11 is 1.53. The molecule has 3 amide bonds. The summed E-state index contributed by atoms with van der Waals surface area (Å²) in [5.74, 6) is -0.0493. The van der Waals surface area contributed by atoms with E-state index in [9.17, 15) is 14.4 Å². The van der Waals surface area contributed by atoms with Crippen LogP contribution in [0.25, 0.3) is 11.0 Å². The van der Waals surface area contributed by atoms with E-state index >= 15 is 0 Å². The summed E-state index contributed by atoms with van der Waals surface area (Å²) in [5, 5.41) is 7.79. The SMILES string of the molecule is COC(=O)Nc1nc2ccc(Sc3ccc(NC(=O)[C@@H](C)NC(=O)OC(C)(C)C)cc3)cc2[nH]1. The van der Waals surface area contributed by atoms with Crippen molar-refractivity contribution < 1.29 is 23.9 Å². The standard InChI is InChI=1S/C23H27N5O5S/c1-13(24-22(31)33-23(2,3)4)19(29)25-14-6-8-15(9-7-14)34-16-10-11-17-18(12-16)27-20(26-17)28-21(30)32-5/h6-13H,1-5H3,(H,24,31)(H,25,29)(H2,26,27,28,30)/t13-/m1/s1. The number of ether oxygens (including phenoxy) is 2. The number of H-pyrrole nitrogens is 1. The average Bonchev–Trinajstić information content (AvgIpc) is 3.15. The molecule has 11 heteroatoms. The molecule has 0 saturated carbocycles. The molecule has 0 spiro atoms. The molecule has 0 bridgehead atoms. The summed E-state index contributed by atoms with van der Waals surface area (Å²) in [5.41, 5.74) is 1.45. The maximum absolute atomic E-state index is 12.4. The molecule has 1 heterocycles. The lowest BCUT2D eigenvalue weighted by atomic mass is 10.2. The van der Waals surface area contributed by atoms with Gasteiger partial charge >= 0.3 is 12.2 Å². The highest BCUT2D eigenvalue weighted by atomic mass is 32.2. The fourth-order valence-electron chi connectivity index (χ4n) is 2.80. The van der Waals surface area contributed by atoms with Gasteiger partial charge in [0.15, 0.2) is 0 Å². The molecule has 0 unspecified atom stereocenters. The largest absolute Gasteiger partial charge is 0.453 e. The van der Waals surface area contributed by atoms with E-state index in [0.29, 0.717) is 17.2 Å². The smallest absolute Gasteiger partial charge is 0.413 e. The van der Waals surface area contributed by atoms with E-state index < -0.39 is 23.8 Å². The van der Waals surface area contributed by atoms with Crippen LogP contribution in [0, 0.1) is 0 Å². The lowest BCUT2D eigenvalue weighted by Gasteiger charge is -2.21. The van der Waals surface area contributed by atoms with Gasteiger partial charge in [-0.3, -0.25) is 10.1 Å². The van der Waals surface area contributed by atoms with Crippen molar-refractivity contribution in [2.75, 3.05) is 17.7 Å². The summed E-state index contributed by atoms with van der Waals surface area (Å²) in [4.78, 5) is 44.8. The Morgan fingerprint density at radius 3 is 2.32 bits per heavy atom. The minimum Gasteiger partial charge on any atom is -0.453 e. The Hall–Kier alpha value is -3.73. The van der Waals surface area contributed by atoms with Gasteiger partial charge in [-0.1, -0.05) is 11.8 Å². The first-order valence-corrected chi connectivity index (χ1v) is 11.3. The maximum Gasteiger partial charge on any atom is 0.413 e. The molecular formula is C23H27N5O5S. The van der Waals surface area contributed by atoms with Gasteiger partial charge in [0.05, 0.1) is 18.1 Å². The molecule has 0 radical (unpaired) electrons. The number of anilines is 2. The first kappa shape index (κ1) is 24.9. The number of aromatic nitrogens is 2. The van der Waals surface area contributed by atoms with Gasteiger partial charge in [-0.05, 0) is 70.2 Å². The number of benzene rings is 2. The molecule has 0 aliphatic rings. The van der Waals surface area contributed by atoms with Gasteiger partial charge in [0.2, 0.25) is 11.9 Å². The van der Waals surface area contributed by atoms with Crippen molar-refractivity contribution in [1.82, 2.24) is 15.3 Å². The molecule has 1 atom stereocenters. The van der Waals surface area contributed by atoms with E-state index in [1.165, 1.54) is 18.9 Å². The zero-order valence-corrected chi connectivity index (χ0v) is 20.3. The van der Waals surface area contributed by atoms with Crippen molar-refractivity contribution in [1.29, 1.82) is 0 Å². The third-order valence-electron chi connectivity index (χ3n) is 4.34. The van der Waals surface area contributed by atoms with Gasteiger partial charge in [-0.25, -0.2) is 14.6 Å².